The highest BCUT2D eigenvalue weighted by Crippen LogP contribution is 2.44. The molecule has 3 aromatic heterocycles. The monoisotopic (exact) mass is 742 g/mol. The third-order valence-electron chi connectivity index (χ3n) is 11.6. The molecule has 9 aromatic carbocycles. The Morgan fingerprint density at radius 2 is 0.931 bits per heavy atom. The van der Waals surface area contributed by atoms with Crippen LogP contribution in [0, 0.1) is 0 Å². The minimum atomic E-state index is 0.851. The van der Waals surface area contributed by atoms with Gasteiger partial charge in [0.25, 0.3) is 0 Å². The fourth-order valence-electron chi connectivity index (χ4n) is 8.87. The molecule has 58 heavy (non-hydrogen) atoms. The maximum Gasteiger partial charge on any atom is 0.159 e. The van der Waals surface area contributed by atoms with Crippen LogP contribution in [0.3, 0.4) is 0 Å². The van der Waals surface area contributed by atoms with Crippen molar-refractivity contribution in [3.63, 3.8) is 0 Å². The maximum absolute atomic E-state index is 6.66. The molecular weight excluding hydrogens is 709 g/mol. The highest BCUT2D eigenvalue weighted by atomic mass is 16.3. The van der Waals surface area contributed by atoms with E-state index in [-0.39, 0.29) is 0 Å². The number of fused-ring (bicyclic) bond motifs is 9. The van der Waals surface area contributed by atoms with Gasteiger partial charge in [-0.3, -0.25) is 0 Å². The van der Waals surface area contributed by atoms with Crippen molar-refractivity contribution in [3.8, 4) is 27.9 Å². The first-order valence-corrected chi connectivity index (χ1v) is 19.7. The Kier molecular flexibility index (Phi) is 7.20. The molecular formula is C54H34N2O2. The van der Waals surface area contributed by atoms with Gasteiger partial charge in [-0.15, -0.1) is 0 Å². The van der Waals surface area contributed by atoms with Crippen LogP contribution in [-0.2, 0) is 0 Å². The van der Waals surface area contributed by atoms with Crippen molar-refractivity contribution in [1.29, 1.82) is 0 Å². The lowest BCUT2D eigenvalue weighted by molar-refractivity contribution is 0.668. The maximum atomic E-state index is 6.66. The van der Waals surface area contributed by atoms with E-state index in [1.54, 1.807) is 0 Å². The van der Waals surface area contributed by atoms with Gasteiger partial charge < -0.3 is 18.3 Å². The molecule has 12 aromatic rings. The Morgan fingerprint density at radius 3 is 1.78 bits per heavy atom. The molecule has 12 rings (SSSR count). The molecule has 4 nitrogen and oxygen atoms in total. The molecule has 0 fully saturated rings. The highest BCUT2D eigenvalue weighted by molar-refractivity contribution is 6.12. The molecule has 0 amide bonds. The fraction of sp³-hybridized carbons (Fsp3) is 0. The largest absolute Gasteiger partial charge is 0.456 e. The first-order valence-electron chi connectivity index (χ1n) is 19.7. The van der Waals surface area contributed by atoms with Gasteiger partial charge in [0.15, 0.2) is 5.58 Å². The van der Waals surface area contributed by atoms with Gasteiger partial charge in [-0.05, 0) is 101 Å². The first kappa shape index (κ1) is 32.4. The Morgan fingerprint density at radius 1 is 0.328 bits per heavy atom. The van der Waals surface area contributed by atoms with E-state index in [1.807, 2.05) is 24.3 Å². The van der Waals surface area contributed by atoms with Crippen molar-refractivity contribution in [3.05, 3.63) is 206 Å². The lowest BCUT2D eigenvalue weighted by Gasteiger charge is -2.26. The standard InChI is InChI=1S/C54H34N2O2/c1-2-13-39(14-3-1)56-48-20-7-4-16-42(48)43-30-26-38(34-50(43)56)36-12-10-15-41(32-36)55(49-21-11-19-46-44-17-5-9-23-52(44)58-54(46)49)40-28-24-35(25-29-40)37-27-31-53-47(33-37)45-18-6-8-22-51(45)57-53/h1-34H. The average Bonchev–Trinajstić information content (AvgIpc) is 3.97. The van der Waals surface area contributed by atoms with Crippen LogP contribution in [0.4, 0.5) is 17.1 Å². The van der Waals surface area contributed by atoms with Crippen molar-refractivity contribution in [2.45, 2.75) is 0 Å². The molecule has 0 unspecified atom stereocenters. The summed E-state index contributed by atoms with van der Waals surface area (Å²) < 4.78 is 15.2. The number of anilines is 3. The van der Waals surface area contributed by atoms with Crippen LogP contribution in [-0.4, -0.2) is 4.57 Å². The van der Waals surface area contributed by atoms with Crippen molar-refractivity contribution in [1.82, 2.24) is 4.57 Å². The zero-order valence-corrected chi connectivity index (χ0v) is 31.3. The van der Waals surface area contributed by atoms with Crippen LogP contribution in [0.1, 0.15) is 0 Å². The van der Waals surface area contributed by atoms with Crippen LogP contribution < -0.4 is 4.90 Å². The SMILES string of the molecule is c1ccc(-n2c3ccccc3c3ccc(-c4cccc(N(c5ccc(-c6ccc7oc8ccccc8c7c6)cc5)c5cccc6c5oc5ccccc56)c4)cc32)cc1. The van der Waals surface area contributed by atoms with Gasteiger partial charge >= 0.3 is 0 Å². The number of para-hydroxylation sites is 5. The molecule has 4 heteroatoms. The molecule has 0 aliphatic rings. The summed E-state index contributed by atoms with van der Waals surface area (Å²) in [5.41, 5.74) is 14.6. The van der Waals surface area contributed by atoms with Crippen molar-refractivity contribution >= 4 is 82.7 Å². The Balaban J connectivity index is 1.01. The number of hydrogen-bond acceptors (Lipinski definition) is 3. The predicted octanol–water partition coefficient (Wildman–Crippen LogP) is 15.4. The summed E-state index contributed by atoms with van der Waals surface area (Å²) in [4.78, 5) is 2.32. The summed E-state index contributed by atoms with van der Waals surface area (Å²) >= 11 is 0. The van der Waals surface area contributed by atoms with Crippen LogP contribution in [0.15, 0.2) is 215 Å². The van der Waals surface area contributed by atoms with Gasteiger partial charge in [0, 0.05) is 49.4 Å². The number of nitrogens with zero attached hydrogens (tertiary/aromatic N) is 2. The zero-order valence-electron chi connectivity index (χ0n) is 31.3. The van der Waals surface area contributed by atoms with Gasteiger partial charge in [-0.25, -0.2) is 0 Å². The summed E-state index contributed by atoms with van der Waals surface area (Å²) in [5, 5.41) is 6.92. The Hall–Kier alpha value is -7.82. The van der Waals surface area contributed by atoms with Gasteiger partial charge in [0.1, 0.15) is 16.7 Å². The van der Waals surface area contributed by atoms with E-state index in [9.17, 15) is 0 Å². The molecule has 3 heterocycles. The summed E-state index contributed by atoms with van der Waals surface area (Å²) in [7, 11) is 0. The molecule has 0 N–H and O–H groups in total. The predicted molar refractivity (Wildman–Crippen MR) is 241 cm³/mol. The van der Waals surface area contributed by atoms with Crippen LogP contribution in [0.5, 0.6) is 0 Å². The quantitative estimate of drug-likeness (QED) is 0.170. The van der Waals surface area contributed by atoms with Crippen molar-refractivity contribution in [2.75, 3.05) is 4.90 Å². The van der Waals surface area contributed by atoms with Crippen molar-refractivity contribution in [2.24, 2.45) is 0 Å². The molecule has 0 spiro atoms. The second-order valence-electron chi connectivity index (χ2n) is 14.9. The average molecular weight is 743 g/mol. The van der Waals surface area contributed by atoms with E-state index < -0.39 is 0 Å². The summed E-state index contributed by atoms with van der Waals surface area (Å²) in [6.45, 7) is 0. The van der Waals surface area contributed by atoms with E-state index in [2.05, 4.69) is 191 Å². The Labute approximate surface area is 334 Å². The topological polar surface area (TPSA) is 34.5 Å². The Bertz CT molecular complexity index is 3520. The molecule has 0 atom stereocenters. The third-order valence-corrected chi connectivity index (χ3v) is 11.6. The fourth-order valence-corrected chi connectivity index (χ4v) is 8.87. The van der Waals surface area contributed by atoms with E-state index in [4.69, 9.17) is 8.83 Å². The lowest BCUT2D eigenvalue weighted by atomic mass is 10.0. The normalized spacial score (nSPS) is 11.8. The number of furan rings is 2. The number of aromatic nitrogens is 1. The first-order chi connectivity index (χ1) is 28.7. The van der Waals surface area contributed by atoms with E-state index >= 15 is 0 Å². The lowest BCUT2D eigenvalue weighted by Crippen LogP contribution is -2.10. The summed E-state index contributed by atoms with van der Waals surface area (Å²) in [5.74, 6) is 0. The molecule has 0 aliphatic heterocycles. The molecule has 0 saturated carbocycles. The summed E-state index contributed by atoms with van der Waals surface area (Å²) in [6.07, 6.45) is 0. The molecule has 0 bridgehead atoms. The van der Waals surface area contributed by atoms with Crippen LogP contribution >= 0.6 is 0 Å². The summed E-state index contributed by atoms with van der Waals surface area (Å²) in [6, 6.07) is 73.3. The molecule has 0 radical (unpaired) electrons. The molecule has 0 aliphatic carbocycles. The molecule has 272 valence electrons. The smallest absolute Gasteiger partial charge is 0.159 e. The third kappa shape index (κ3) is 5.09. The zero-order chi connectivity index (χ0) is 38.2. The van der Waals surface area contributed by atoms with Crippen LogP contribution in [0.25, 0.3) is 93.6 Å². The van der Waals surface area contributed by atoms with E-state index in [0.717, 1.165) is 88.9 Å². The molecule has 0 saturated heterocycles. The second-order valence-corrected chi connectivity index (χ2v) is 14.9. The number of benzene rings is 9. The highest BCUT2D eigenvalue weighted by Gasteiger charge is 2.21. The van der Waals surface area contributed by atoms with Gasteiger partial charge in [0.05, 0.1) is 16.7 Å². The minimum absolute atomic E-state index is 0.851. The second kappa shape index (κ2) is 12.9. The van der Waals surface area contributed by atoms with E-state index in [1.165, 1.54) is 21.8 Å². The van der Waals surface area contributed by atoms with Gasteiger partial charge in [-0.1, -0.05) is 127 Å². The minimum Gasteiger partial charge on any atom is -0.456 e. The van der Waals surface area contributed by atoms with Crippen molar-refractivity contribution < 1.29 is 8.83 Å². The van der Waals surface area contributed by atoms with Crippen LogP contribution in [0.2, 0.25) is 0 Å². The number of hydrogen-bond donors (Lipinski definition) is 0. The van der Waals surface area contributed by atoms with Gasteiger partial charge in [-0.2, -0.15) is 0 Å². The van der Waals surface area contributed by atoms with E-state index in [0.29, 0.717) is 0 Å². The van der Waals surface area contributed by atoms with Gasteiger partial charge in [0.2, 0.25) is 0 Å². The number of rotatable bonds is 6.